The molecule has 0 bridgehead atoms. The van der Waals surface area contributed by atoms with E-state index in [9.17, 15) is 0 Å². The summed E-state index contributed by atoms with van der Waals surface area (Å²) in [4.78, 5) is 0. The minimum atomic E-state index is 0.965. The van der Waals surface area contributed by atoms with Crippen LogP contribution in [0.15, 0.2) is 0 Å². The Labute approximate surface area is 95.0 Å². The summed E-state index contributed by atoms with van der Waals surface area (Å²) in [5.41, 5.74) is 0. The van der Waals surface area contributed by atoms with Gasteiger partial charge in [0, 0.05) is 0 Å². The predicted octanol–water partition coefficient (Wildman–Crippen LogP) is 3.45. The van der Waals surface area contributed by atoms with E-state index in [1.165, 1.54) is 51.6 Å². The maximum absolute atomic E-state index is 3.62. The molecule has 2 rings (SSSR count). The normalized spacial score (nSPS) is 43.6. The number of hydrogen-bond donors (Lipinski definition) is 1. The molecule has 1 heteroatoms. The van der Waals surface area contributed by atoms with Crippen LogP contribution in [0.25, 0.3) is 0 Å². The third-order valence-corrected chi connectivity index (χ3v) is 4.89. The lowest BCUT2D eigenvalue weighted by Gasteiger charge is -2.36. The molecule has 2 fully saturated rings. The summed E-state index contributed by atoms with van der Waals surface area (Å²) in [6, 6.07) is 0. The number of nitrogens with one attached hydrogen (secondary N) is 1. The van der Waals surface area contributed by atoms with Crippen LogP contribution in [-0.2, 0) is 0 Å². The van der Waals surface area contributed by atoms with Gasteiger partial charge in [0.25, 0.3) is 0 Å². The molecule has 1 heterocycles. The summed E-state index contributed by atoms with van der Waals surface area (Å²) >= 11 is 0. The third kappa shape index (κ3) is 2.96. The lowest BCUT2D eigenvalue weighted by atomic mass is 9.70. The maximum Gasteiger partial charge on any atom is -0.00179 e. The highest BCUT2D eigenvalue weighted by atomic mass is 14.9. The van der Waals surface area contributed by atoms with Gasteiger partial charge in [-0.3, -0.25) is 0 Å². The molecule has 4 atom stereocenters. The van der Waals surface area contributed by atoms with Crippen LogP contribution >= 0.6 is 0 Å². The topological polar surface area (TPSA) is 12.0 Å². The minimum absolute atomic E-state index is 0.965. The first-order valence-electron chi connectivity index (χ1n) is 6.98. The average Bonchev–Trinajstić information content (AvgIpc) is 2.50. The van der Waals surface area contributed by atoms with Crippen molar-refractivity contribution in [3.05, 3.63) is 0 Å². The Kier molecular flexibility index (Phi) is 4.07. The molecule has 0 aromatic heterocycles. The standard InChI is InChI=1S/C14H27N/c1-11-6-7-13(9-12(11)2)14-5-3-4-8-15-10-14/h11-15H,3-10H2,1-2H3. The molecule has 88 valence electrons. The van der Waals surface area contributed by atoms with Crippen molar-refractivity contribution in [2.45, 2.75) is 52.4 Å². The van der Waals surface area contributed by atoms with E-state index in [0.29, 0.717) is 0 Å². The fourth-order valence-corrected chi connectivity index (χ4v) is 3.47. The van der Waals surface area contributed by atoms with E-state index in [4.69, 9.17) is 0 Å². The molecule has 1 aliphatic carbocycles. The van der Waals surface area contributed by atoms with E-state index in [1.54, 1.807) is 0 Å². The van der Waals surface area contributed by atoms with Crippen molar-refractivity contribution in [3.8, 4) is 0 Å². The Morgan fingerprint density at radius 2 is 1.73 bits per heavy atom. The number of hydrogen-bond acceptors (Lipinski definition) is 1. The highest BCUT2D eigenvalue weighted by Gasteiger charge is 2.30. The Balaban J connectivity index is 1.86. The first-order chi connectivity index (χ1) is 7.27. The van der Waals surface area contributed by atoms with Gasteiger partial charge in [-0.25, -0.2) is 0 Å². The van der Waals surface area contributed by atoms with Gasteiger partial charge in [0.2, 0.25) is 0 Å². The first kappa shape index (κ1) is 11.4. The second-order valence-electron chi connectivity index (χ2n) is 5.99. The summed E-state index contributed by atoms with van der Waals surface area (Å²) in [6.07, 6.45) is 8.81. The van der Waals surface area contributed by atoms with Crippen LogP contribution in [0, 0.1) is 23.7 Å². The Hall–Kier alpha value is -0.0400. The molecule has 0 aromatic carbocycles. The van der Waals surface area contributed by atoms with Crippen LogP contribution in [-0.4, -0.2) is 13.1 Å². The zero-order valence-electron chi connectivity index (χ0n) is 10.5. The minimum Gasteiger partial charge on any atom is -0.316 e. The zero-order valence-corrected chi connectivity index (χ0v) is 10.5. The van der Waals surface area contributed by atoms with E-state index in [2.05, 4.69) is 19.2 Å². The average molecular weight is 209 g/mol. The van der Waals surface area contributed by atoms with Gasteiger partial charge in [0.05, 0.1) is 0 Å². The molecule has 0 spiro atoms. The lowest BCUT2D eigenvalue weighted by Crippen LogP contribution is -2.31. The SMILES string of the molecule is CC1CCC(C2CCCCNC2)CC1C. The molecule has 15 heavy (non-hydrogen) atoms. The molecule has 1 N–H and O–H groups in total. The van der Waals surface area contributed by atoms with Crippen LogP contribution in [0.1, 0.15) is 52.4 Å². The summed E-state index contributed by atoms with van der Waals surface area (Å²) in [5.74, 6) is 3.95. The highest BCUT2D eigenvalue weighted by molar-refractivity contribution is 4.82. The van der Waals surface area contributed by atoms with E-state index >= 15 is 0 Å². The smallest absolute Gasteiger partial charge is 0.00179 e. The fraction of sp³-hybridized carbons (Fsp3) is 1.00. The largest absolute Gasteiger partial charge is 0.316 e. The summed E-state index contributed by atoms with van der Waals surface area (Å²) in [6.45, 7) is 7.45. The molecule has 2 aliphatic rings. The fourth-order valence-electron chi connectivity index (χ4n) is 3.47. The second kappa shape index (κ2) is 5.34. The van der Waals surface area contributed by atoms with Gasteiger partial charge in [0.15, 0.2) is 0 Å². The zero-order chi connectivity index (χ0) is 10.7. The Bertz CT molecular complexity index is 182. The molecule has 1 nitrogen and oxygen atoms in total. The second-order valence-corrected chi connectivity index (χ2v) is 5.99. The van der Waals surface area contributed by atoms with Crippen molar-refractivity contribution < 1.29 is 0 Å². The van der Waals surface area contributed by atoms with Crippen molar-refractivity contribution in [3.63, 3.8) is 0 Å². The summed E-state index contributed by atoms with van der Waals surface area (Å²) in [7, 11) is 0. The molecule has 0 radical (unpaired) electrons. The lowest BCUT2D eigenvalue weighted by molar-refractivity contribution is 0.151. The van der Waals surface area contributed by atoms with E-state index in [0.717, 1.165) is 23.7 Å². The summed E-state index contributed by atoms with van der Waals surface area (Å²) < 4.78 is 0. The van der Waals surface area contributed by atoms with Crippen LogP contribution in [0.4, 0.5) is 0 Å². The third-order valence-electron chi connectivity index (χ3n) is 4.89. The summed E-state index contributed by atoms with van der Waals surface area (Å²) in [5, 5.41) is 3.62. The molecular formula is C14H27N. The van der Waals surface area contributed by atoms with Crippen molar-refractivity contribution in [1.29, 1.82) is 0 Å². The van der Waals surface area contributed by atoms with Gasteiger partial charge < -0.3 is 5.32 Å². The molecule has 1 saturated carbocycles. The van der Waals surface area contributed by atoms with E-state index < -0.39 is 0 Å². The molecule has 0 aromatic rings. The maximum atomic E-state index is 3.62. The Morgan fingerprint density at radius 1 is 0.867 bits per heavy atom. The first-order valence-corrected chi connectivity index (χ1v) is 6.98. The van der Waals surface area contributed by atoms with Crippen molar-refractivity contribution in [2.75, 3.05) is 13.1 Å². The van der Waals surface area contributed by atoms with Crippen LogP contribution < -0.4 is 5.32 Å². The molecular weight excluding hydrogens is 182 g/mol. The highest BCUT2D eigenvalue weighted by Crippen LogP contribution is 2.38. The quantitative estimate of drug-likeness (QED) is 0.697. The van der Waals surface area contributed by atoms with Gasteiger partial charge in [0.1, 0.15) is 0 Å². The van der Waals surface area contributed by atoms with E-state index in [1.807, 2.05) is 0 Å². The van der Waals surface area contributed by atoms with Crippen LogP contribution in [0.2, 0.25) is 0 Å². The molecule has 4 unspecified atom stereocenters. The monoisotopic (exact) mass is 209 g/mol. The number of rotatable bonds is 1. The van der Waals surface area contributed by atoms with Crippen LogP contribution in [0.5, 0.6) is 0 Å². The van der Waals surface area contributed by atoms with Crippen molar-refractivity contribution in [2.24, 2.45) is 23.7 Å². The van der Waals surface area contributed by atoms with Gasteiger partial charge in [-0.2, -0.15) is 0 Å². The molecule has 0 amide bonds. The van der Waals surface area contributed by atoms with Crippen molar-refractivity contribution >= 4 is 0 Å². The van der Waals surface area contributed by atoms with Crippen molar-refractivity contribution in [1.82, 2.24) is 5.32 Å². The van der Waals surface area contributed by atoms with Gasteiger partial charge in [-0.05, 0) is 62.4 Å². The van der Waals surface area contributed by atoms with Gasteiger partial charge in [-0.15, -0.1) is 0 Å². The molecule has 1 saturated heterocycles. The van der Waals surface area contributed by atoms with E-state index in [-0.39, 0.29) is 0 Å². The van der Waals surface area contributed by atoms with Gasteiger partial charge in [-0.1, -0.05) is 26.7 Å². The van der Waals surface area contributed by atoms with Gasteiger partial charge >= 0.3 is 0 Å². The predicted molar refractivity (Wildman–Crippen MR) is 65.9 cm³/mol. The Morgan fingerprint density at radius 3 is 2.53 bits per heavy atom. The van der Waals surface area contributed by atoms with Crippen LogP contribution in [0.3, 0.4) is 0 Å². The molecule has 1 aliphatic heterocycles.